The first kappa shape index (κ1) is 28.6. The smallest absolute Gasteiger partial charge is 0.327 e. The Bertz CT molecular complexity index is 1120. The third-order valence-corrected chi connectivity index (χ3v) is 5.69. The van der Waals surface area contributed by atoms with Gasteiger partial charge in [-0.15, -0.1) is 0 Å². The molecule has 1 aromatic heterocycles. The van der Waals surface area contributed by atoms with E-state index < -0.39 is 66.4 Å². The lowest BCUT2D eigenvalue weighted by Gasteiger charge is -2.25. The van der Waals surface area contributed by atoms with Crippen molar-refractivity contribution in [3.8, 4) is 0 Å². The summed E-state index contributed by atoms with van der Waals surface area (Å²) in [6.45, 7) is 1.21. The molecular formula is C22H29N5O8S. The van der Waals surface area contributed by atoms with Crippen molar-refractivity contribution >= 4 is 53.2 Å². The summed E-state index contributed by atoms with van der Waals surface area (Å²) in [4.78, 5) is 63.3. The molecule has 0 fully saturated rings. The predicted molar refractivity (Wildman–Crippen MR) is 131 cm³/mol. The van der Waals surface area contributed by atoms with Crippen molar-refractivity contribution in [3.63, 3.8) is 0 Å². The van der Waals surface area contributed by atoms with Gasteiger partial charge in [0.2, 0.25) is 17.7 Å². The number of aliphatic hydroxyl groups is 1. The number of carbonyl (C=O) groups excluding carboxylic acids is 3. The number of rotatable bonds is 13. The second-order valence-corrected chi connectivity index (χ2v) is 8.50. The van der Waals surface area contributed by atoms with Crippen molar-refractivity contribution < 1.29 is 39.3 Å². The molecule has 36 heavy (non-hydrogen) atoms. The number of carboxylic acid groups (broad SMARTS) is 2. The summed E-state index contributed by atoms with van der Waals surface area (Å²) in [5.74, 6) is -6.05. The number of hydrogen-bond donors (Lipinski definition) is 9. The Morgan fingerprint density at radius 3 is 2.22 bits per heavy atom. The van der Waals surface area contributed by atoms with Gasteiger partial charge in [-0.2, -0.15) is 12.6 Å². The Labute approximate surface area is 211 Å². The number of aliphatic carboxylic acids is 2. The number of fused-ring (bicyclic) bond motifs is 1. The van der Waals surface area contributed by atoms with E-state index >= 15 is 0 Å². The fourth-order valence-electron chi connectivity index (χ4n) is 3.40. The monoisotopic (exact) mass is 523 g/mol. The van der Waals surface area contributed by atoms with Crippen molar-refractivity contribution in [1.82, 2.24) is 20.9 Å². The zero-order valence-electron chi connectivity index (χ0n) is 19.3. The summed E-state index contributed by atoms with van der Waals surface area (Å²) in [6.07, 6.45) is -0.487. The van der Waals surface area contributed by atoms with Crippen LogP contribution in [-0.2, 0) is 30.4 Å². The van der Waals surface area contributed by atoms with E-state index in [1.165, 1.54) is 6.92 Å². The average Bonchev–Trinajstić information content (AvgIpc) is 3.22. The molecule has 1 aromatic carbocycles. The van der Waals surface area contributed by atoms with E-state index in [2.05, 4.69) is 33.6 Å². The molecule has 14 heteroatoms. The zero-order chi connectivity index (χ0) is 27.0. The Kier molecular flexibility index (Phi) is 10.3. The number of carboxylic acids is 2. The van der Waals surface area contributed by atoms with Gasteiger partial charge in [0.15, 0.2) is 0 Å². The minimum atomic E-state index is -1.69. The van der Waals surface area contributed by atoms with Crippen molar-refractivity contribution in [2.75, 3.05) is 5.75 Å². The molecule has 5 atom stereocenters. The first-order valence-electron chi connectivity index (χ1n) is 10.9. The van der Waals surface area contributed by atoms with Crippen LogP contribution in [0.4, 0.5) is 0 Å². The van der Waals surface area contributed by atoms with Crippen LogP contribution in [0.2, 0.25) is 0 Å². The minimum Gasteiger partial charge on any atom is -0.481 e. The third-order valence-electron chi connectivity index (χ3n) is 5.32. The van der Waals surface area contributed by atoms with Gasteiger partial charge >= 0.3 is 11.9 Å². The highest BCUT2D eigenvalue weighted by Gasteiger charge is 2.33. The van der Waals surface area contributed by atoms with Crippen molar-refractivity contribution in [2.45, 2.75) is 50.0 Å². The second kappa shape index (κ2) is 12.9. The highest BCUT2D eigenvalue weighted by Crippen LogP contribution is 2.18. The number of amides is 3. The predicted octanol–water partition coefficient (Wildman–Crippen LogP) is -1.64. The number of carbonyl (C=O) groups is 5. The molecule has 13 nitrogen and oxygen atoms in total. The minimum absolute atomic E-state index is 0.119. The van der Waals surface area contributed by atoms with E-state index in [0.29, 0.717) is 0 Å². The first-order chi connectivity index (χ1) is 16.9. The van der Waals surface area contributed by atoms with Crippen LogP contribution in [0.3, 0.4) is 0 Å². The molecule has 1 heterocycles. The molecule has 0 saturated carbocycles. The average molecular weight is 524 g/mol. The molecule has 0 spiro atoms. The van der Waals surface area contributed by atoms with Gasteiger partial charge in [0, 0.05) is 22.9 Å². The number of benzene rings is 1. The van der Waals surface area contributed by atoms with Crippen LogP contribution in [0.1, 0.15) is 18.9 Å². The maximum absolute atomic E-state index is 12.8. The second-order valence-electron chi connectivity index (χ2n) is 8.14. The largest absolute Gasteiger partial charge is 0.481 e. The van der Waals surface area contributed by atoms with Gasteiger partial charge in [0.1, 0.15) is 18.1 Å². The van der Waals surface area contributed by atoms with Crippen LogP contribution in [0, 0.1) is 0 Å². The summed E-state index contributed by atoms with van der Waals surface area (Å²) >= 11 is 3.81. The first-order valence-corrected chi connectivity index (χ1v) is 11.5. The van der Waals surface area contributed by atoms with Crippen molar-refractivity contribution in [2.24, 2.45) is 5.73 Å². The highest BCUT2D eigenvalue weighted by molar-refractivity contribution is 7.80. The number of aromatic nitrogens is 1. The Morgan fingerprint density at radius 1 is 1.00 bits per heavy atom. The number of H-pyrrole nitrogens is 1. The zero-order valence-corrected chi connectivity index (χ0v) is 20.2. The number of hydrogen-bond acceptors (Lipinski definition) is 8. The maximum atomic E-state index is 12.8. The van der Waals surface area contributed by atoms with E-state index in [4.69, 9.17) is 15.9 Å². The van der Waals surface area contributed by atoms with Crippen LogP contribution in [-0.4, -0.2) is 86.0 Å². The van der Waals surface area contributed by atoms with E-state index in [9.17, 15) is 29.1 Å². The Balaban J connectivity index is 2.10. The highest BCUT2D eigenvalue weighted by atomic mass is 32.1. The van der Waals surface area contributed by atoms with Crippen LogP contribution in [0.25, 0.3) is 10.9 Å². The van der Waals surface area contributed by atoms with Gasteiger partial charge in [-0.05, 0) is 25.0 Å². The number of thiol groups is 1. The van der Waals surface area contributed by atoms with Crippen molar-refractivity contribution in [3.05, 3.63) is 36.0 Å². The van der Waals surface area contributed by atoms with E-state index in [1.807, 2.05) is 24.3 Å². The molecule has 0 saturated heterocycles. The van der Waals surface area contributed by atoms with Crippen LogP contribution in [0.15, 0.2) is 30.5 Å². The number of nitrogens with two attached hydrogens (primary N) is 1. The van der Waals surface area contributed by atoms with Crippen molar-refractivity contribution in [1.29, 1.82) is 0 Å². The van der Waals surface area contributed by atoms with Gasteiger partial charge in [0.05, 0.1) is 18.6 Å². The summed E-state index contributed by atoms with van der Waals surface area (Å²) in [5.41, 5.74) is 7.64. The molecule has 0 aliphatic heterocycles. The number of aliphatic hydroxyl groups excluding tert-OH is 1. The van der Waals surface area contributed by atoms with Gasteiger partial charge in [-0.3, -0.25) is 19.2 Å². The molecular weight excluding hydrogens is 494 g/mol. The molecule has 9 N–H and O–H groups in total. The van der Waals surface area contributed by atoms with E-state index in [0.717, 1.165) is 16.5 Å². The summed E-state index contributed by atoms with van der Waals surface area (Å²) in [7, 11) is 0. The summed E-state index contributed by atoms with van der Waals surface area (Å²) in [6, 6.07) is 1.61. The third kappa shape index (κ3) is 7.69. The standard InChI is InChI=1S/C22H29N5O8S/c1-10(28)18(21(33)25-15(7-17(29)30)20(32)26-16(9-36)22(34)35)27-19(31)13(23)6-11-8-24-14-5-3-2-4-12(11)14/h2-5,8,10,13,15-16,18,24,28,36H,6-7,9,23H2,1H3,(H,25,33)(H,26,32)(H,27,31)(H,29,30)(H,34,35). The topological polar surface area (TPSA) is 224 Å². The van der Waals surface area contributed by atoms with Crippen LogP contribution in [0.5, 0.6) is 0 Å². The molecule has 5 unspecified atom stereocenters. The maximum Gasteiger partial charge on any atom is 0.327 e. The lowest BCUT2D eigenvalue weighted by Crippen LogP contribution is -2.60. The molecule has 196 valence electrons. The lowest BCUT2D eigenvalue weighted by atomic mass is 10.0. The lowest BCUT2D eigenvalue weighted by molar-refractivity contribution is -0.143. The summed E-state index contributed by atoms with van der Waals surface area (Å²) < 4.78 is 0. The number of aromatic amines is 1. The van der Waals surface area contributed by atoms with E-state index in [1.54, 1.807) is 6.20 Å². The normalized spacial score (nSPS) is 15.2. The molecule has 0 aliphatic rings. The van der Waals surface area contributed by atoms with Crippen LogP contribution < -0.4 is 21.7 Å². The number of nitrogens with one attached hydrogen (secondary N) is 4. The molecule has 0 radical (unpaired) electrons. The van der Waals surface area contributed by atoms with Gasteiger partial charge in [-0.1, -0.05) is 18.2 Å². The van der Waals surface area contributed by atoms with E-state index in [-0.39, 0.29) is 12.2 Å². The summed E-state index contributed by atoms with van der Waals surface area (Å²) in [5, 5.41) is 35.7. The van der Waals surface area contributed by atoms with Gasteiger partial charge in [-0.25, -0.2) is 4.79 Å². The molecule has 2 aromatic rings. The fraction of sp³-hybridized carbons (Fsp3) is 0.409. The van der Waals surface area contributed by atoms with Crippen LogP contribution >= 0.6 is 12.6 Å². The molecule has 2 rings (SSSR count). The molecule has 0 aliphatic carbocycles. The molecule has 3 amide bonds. The Hall–Kier alpha value is -3.62. The quantitative estimate of drug-likeness (QED) is 0.137. The molecule has 0 bridgehead atoms. The fourth-order valence-corrected chi connectivity index (χ4v) is 3.65. The SMILES string of the molecule is CC(O)C(NC(=O)C(N)Cc1c[nH]c2ccccc12)C(=O)NC(CC(=O)O)C(=O)NC(CS)C(=O)O. The van der Waals surface area contributed by atoms with Gasteiger partial charge in [0.25, 0.3) is 0 Å². The number of para-hydroxylation sites is 1. The van der Waals surface area contributed by atoms with Gasteiger partial charge < -0.3 is 42.0 Å². The Morgan fingerprint density at radius 2 is 1.64 bits per heavy atom.